The summed E-state index contributed by atoms with van der Waals surface area (Å²) in [6, 6.07) is 20.5. The molecular weight excluding hydrogens is 404 g/mol. The summed E-state index contributed by atoms with van der Waals surface area (Å²) in [6.45, 7) is 8.15. The number of carbonyl (C=O) groups is 1. The van der Waals surface area contributed by atoms with Crippen molar-refractivity contribution in [2.45, 2.75) is 45.8 Å². The zero-order valence-electron chi connectivity index (χ0n) is 19.0. The largest absolute Gasteiger partial charge is 0.478 e. The van der Waals surface area contributed by atoms with Gasteiger partial charge in [0.25, 0.3) is 0 Å². The highest BCUT2D eigenvalue weighted by Gasteiger charge is 2.50. The maximum Gasteiger partial charge on any atom is 0.348 e. The van der Waals surface area contributed by atoms with Crippen LogP contribution in [0.15, 0.2) is 66.7 Å². The van der Waals surface area contributed by atoms with Crippen LogP contribution in [0.25, 0.3) is 0 Å². The number of aromatic nitrogens is 2. The molecule has 0 fully saturated rings. The second kappa shape index (κ2) is 10.4. The molecule has 3 aromatic rings. The van der Waals surface area contributed by atoms with Crippen molar-refractivity contribution in [3.05, 3.63) is 89.2 Å². The number of hydrogen-bond donors (Lipinski definition) is 1. The van der Waals surface area contributed by atoms with E-state index in [2.05, 4.69) is 23.8 Å². The lowest BCUT2D eigenvalue weighted by Crippen LogP contribution is -2.52. The molecule has 1 heterocycles. The first-order chi connectivity index (χ1) is 15.4. The molecule has 1 N–H and O–H groups in total. The SMILES string of the molecule is CC[C@@H](C)COC(c1ccccc1)(c1ccccc1)[C@@H](Oc1nc(C)cc(C)n1)C(=O)O. The van der Waals surface area contributed by atoms with E-state index in [1.165, 1.54) is 0 Å². The number of aliphatic carboxylic acids is 1. The molecule has 0 bridgehead atoms. The minimum Gasteiger partial charge on any atom is -0.478 e. The van der Waals surface area contributed by atoms with Gasteiger partial charge in [0.15, 0.2) is 5.60 Å². The molecule has 1 aromatic heterocycles. The lowest BCUT2D eigenvalue weighted by atomic mass is 9.81. The predicted molar refractivity (Wildman–Crippen MR) is 123 cm³/mol. The second-order valence-corrected chi connectivity index (χ2v) is 8.06. The summed E-state index contributed by atoms with van der Waals surface area (Å²) >= 11 is 0. The number of hydrogen-bond acceptors (Lipinski definition) is 5. The number of benzene rings is 2. The molecule has 32 heavy (non-hydrogen) atoms. The van der Waals surface area contributed by atoms with Gasteiger partial charge in [0.2, 0.25) is 6.10 Å². The Hall–Kier alpha value is -3.25. The van der Waals surface area contributed by atoms with Gasteiger partial charge >= 0.3 is 12.0 Å². The molecule has 168 valence electrons. The second-order valence-electron chi connectivity index (χ2n) is 8.06. The van der Waals surface area contributed by atoms with Crippen molar-refractivity contribution in [1.82, 2.24) is 9.97 Å². The van der Waals surface area contributed by atoms with E-state index in [1.807, 2.05) is 80.6 Å². The number of nitrogens with zero attached hydrogens (tertiary/aromatic N) is 2. The van der Waals surface area contributed by atoms with Crippen molar-refractivity contribution in [3.8, 4) is 6.01 Å². The topological polar surface area (TPSA) is 81.5 Å². The molecule has 6 nitrogen and oxygen atoms in total. The van der Waals surface area contributed by atoms with Crippen LogP contribution in [-0.4, -0.2) is 33.8 Å². The van der Waals surface area contributed by atoms with Crippen LogP contribution in [0.4, 0.5) is 0 Å². The van der Waals surface area contributed by atoms with Crippen molar-refractivity contribution in [1.29, 1.82) is 0 Å². The molecule has 3 rings (SSSR count). The average Bonchev–Trinajstić information content (AvgIpc) is 2.79. The Labute approximate surface area is 189 Å². The summed E-state index contributed by atoms with van der Waals surface area (Å²) in [4.78, 5) is 21.4. The Morgan fingerprint density at radius 1 is 0.969 bits per heavy atom. The summed E-state index contributed by atoms with van der Waals surface area (Å²) in [7, 11) is 0. The lowest BCUT2D eigenvalue weighted by molar-refractivity contribution is -0.166. The maximum atomic E-state index is 12.7. The minimum absolute atomic E-state index is 0.0123. The number of aryl methyl sites for hydroxylation is 2. The standard InChI is InChI=1S/C26H30N2O4/c1-5-18(2)17-31-26(21-12-8-6-9-13-21,22-14-10-7-11-15-22)23(24(29)30)32-25-27-19(3)16-20(4)28-25/h6-16,18,23H,5,17H2,1-4H3,(H,29,30)/t18-,23+/m1/s1. The first kappa shape index (κ1) is 23.4. The molecule has 0 aliphatic heterocycles. The highest BCUT2D eigenvalue weighted by Crippen LogP contribution is 2.39. The highest BCUT2D eigenvalue weighted by molar-refractivity contribution is 5.76. The van der Waals surface area contributed by atoms with Gasteiger partial charge in [-0.1, -0.05) is 80.9 Å². The Kier molecular flexibility index (Phi) is 7.59. The number of ether oxygens (including phenoxy) is 2. The molecular formula is C26H30N2O4. The van der Waals surface area contributed by atoms with E-state index in [4.69, 9.17) is 9.47 Å². The molecule has 0 amide bonds. The Morgan fingerprint density at radius 2 is 1.47 bits per heavy atom. The van der Waals surface area contributed by atoms with E-state index in [0.29, 0.717) is 29.1 Å². The lowest BCUT2D eigenvalue weighted by Gasteiger charge is -2.39. The number of rotatable bonds is 10. The van der Waals surface area contributed by atoms with Crippen LogP contribution >= 0.6 is 0 Å². The zero-order valence-corrected chi connectivity index (χ0v) is 19.0. The number of carboxylic acid groups (broad SMARTS) is 1. The average molecular weight is 435 g/mol. The molecule has 6 heteroatoms. The van der Waals surface area contributed by atoms with E-state index in [1.54, 1.807) is 0 Å². The third kappa shape index (κ3) is 5.14. The van der Waals surface area contributed by atoms with E-state index in [0.717, 1.165) is 6.42 Å². The van der Waals surface area contributed by atoms with E-state index < -0.39 is 17.7 Å². The van der Waals surface area contributed by atoms with Crippen molar-refractivity contribution < 1.29 is 19.4 Å². The third-order valence-corrected chi connectivity index (χ3v) is 5.48. The minimum atomic E-state index is -1.42. The van der Waals surface area contributed by atoms with Crippen molar-refractivity contribution in [3.63, 3.8) is 0 Å². The summed E-state index contributed by atoms with van der Waals surface area (Å²) < 4.78 is 12.6. The number of carboxylic acids is 1. The summed E-state index contributed by atoms with van der Waals surface area (Å²) in [5.74, 6) is -0.932. The van der Waals surface area contributed by atoms with Gasteiger partial charge in [0, 0.05) is 11.4 Å². The van der Waals surface area contributed by atoms with Crippen molar-refractivity contribution in [2.24, 2.45) is 5.92 Å². The van der Waals surface area contributed by atoms with Crippen LogP contribution in [0.2, 0.25) is 0 Å². The van der Waals surface area contributed by atoms with Gasteiger partial charge in [-0.15, -0.1) is 0 Å². The molecule has 0 aliphatic carbocycles. The fourth-order valence-corrected chi connectivity index (χ4v) is 3.63. The summed E-state index contributed by atoms with van der Waals surface area (Å²) in [5, 5.41) is 10.4. The molecule has 2 aromatic carbocycles. The van der Waals surface area contributed by atoms with Gasteiger partial charge in [0.05, 0.1) is 6.61 Å². The molecule has 0 unspecified atom stereocenters. The first-order valence-electron chi connectivity index (χ1n) is 10.8. The smallest absolute Gasteiger partial charge is 0.348 e. The Morgan fingerprint density at radius 3 is 1.91 bits per heavy atom. The molecule has 0 saturated carbocycles. The van der Waals surface area contributed by atoms with Gasteiger partial charge < -0.3 is 14.6 Å². The zero-order chi connectivity index (χ0) is 23.1. The third-order valence-electron chi connectivity index (χ3n) is 5.48. The normalized spacial score (nSPS) is 13.4. The van der Waals surface area contributed by atoms with E-state index in [-0.39, 0.29) is 11.9 Å². The van der Waals surface area contributed by atoms with Crippen molar-refractivity contribution >= 4 is 5.97 Å². The first-order valence-corrected chi connectivity index (χ1v) is 10.8. The van der Waals surface area contributed by atoms with Gasteiger partial charge in [-0.3, -0.25) is 0 Å². The van der Waals surface area contributed by atoms with Gasteiger partial charge in [-0.2, -0.15) is 0 Å². The molecule has 0 saturated heterocycles. The van der Waals surface area contributed by atoms with Crippen molar-refractivity contribution in [2.75, 3.05) is 6.61 Å². The van der Waals surface area contributed by atoms with Gasteiger partial charge in [-0.05, 0) is 37.0 Å². The highest BCUT2D eigenvalue weighted by atomic mass is 16.6. The van der Waals surface area contributed by atoms with Crippen LogP contribution in [0.5, 0.6) is 6.01 Å². The van der Waals surface area contributed by atoms with Crippen LogP contribution in [0.1, 0.15) is 42.8 Å². The predicted octanol–water partition coefficient (Wildman–Crippen LogP) is 4.93. The van der Waals surface area contributed by atoms with Crippen LogP contribution in [-0.2, 0) is 15.1 Å². The molecule has 0 radical (unpaired) electrons. The van der Waals surface area contributed by atoms with Gasteiger partial charge in [0.1, 0.15) is 0 Å². The van der Waals surface area contributed by atoms with Crippen LogP contribution in [0.3, 0.4) is 0 Å². The summed E-state index contributed by atoms with van der Waals surface area (Å²) in [5.41, 5.74) is 1.36. The fraction of sp³-hybridized carbons (Fsp3) is 0.346. The molecule has 0 spiro atoms. The fourth-order valence-electron chi connectivity index (χ4n) is 3.63. The Balaban J connectivity index is 2.22. The quantitative estimate of drug-likeness (QED) is 0.487. The van der Waals surface area contributed by atoms with Gasteiger partial charge in [-0.25, -0.2) is 14.8 Å². The molecule has 2 atom stereocenters. The monoisotopic (exact) mass is 434 g/mol. The van der Waals surface area contributed by atoms with Crippen LogP contribution < -0.4 is 4.74 Å². The van der Waals surface area contributed by atoms with E-state index >= 15 is 0 Å². The van der Waals surface area contributed by atoms with E-state index in [9.17, 15) is 9.90 Å². The Bertz CT molecular complexity index is 965. The summed E-state index contributed by atoms with van der Waals surface area (Å²) in [6.07, 6.45) is -0.518. The van der Waals surface area contributed by atoms with Crippen LogP contribution in [0, 0.1) is 19.8 Å². The molecule has 0 aliphatic rings. The maximum absolute atomic E-state index is 12.7.